The summed E-state index contributed by atoms with van der Waals surface area (Å²) in [5.41, 5.74) is 1.34. The van der Waals surface area contributed by atoms with Gasteiger partial charge in [-0.15, -0.1) is 0 Å². The Morgan fingerprint density at radius 1 is 1.07 bits per heavy atom. The van der Waals surface area contributed by atoms with E-state index < -0.39 is 16.0 Å². The van der Waals surface area contributed by atoms with Gasteiger partial charge in [0.2, 0.25) is 10.0 Å². The zero-order valence-corrected chi connectivity index (χ0v) is 16.7. The molecule has 1 atom stereocenters. The molecule has 0 amide bonds. The van der Waals surface area contributed by atoms with E-state index in [0.717, 1.165) is 37.7 Å². The molecule has 0 spiro atoms. The number of carboxylic acids is 1. The molecule has 1 saturated carbocycles. The molecule has 28 heavy (non-hydrogen) atoms. The molecule has 0 aromatic heterocycles. The highest BCUT2D eigenvalue weighted by Crippen LogP contribution is 2.26. The molecule has 0 heterocycles. The number of sulfonamides is 1. The third-order valence-electron chi connectivity index (χ3n) is 5.13. The summed E-state index contributed by atoms with van der Waals surface area (Å²) >= 11 is 0. The highest BCUT2D eigenvalue weighted by atomic mass is 32.2. The van der Waals surface area contributed by atoms with Gasteiger partial charge in [-0.2, -0.15) is 0 Å². The van der Waals surface area contributed by atoms with Crippen LogP contribution in [-0.4, -0.2) is 25.5 Å². The Kier molecular flexibility index (Phi) is 6.36. The molecule has 150 valence electrons. The second-order valence-corrected chi connectivity index (χ2v) is 8.96. The van der Waals surface area contributed by atoms with Crippen LogP contribution < -0.4 is 10.0 Å². The Hall–Kier alpha value is -2.38. The summed E-state index contributed by atoms with van der Waals surface area (Å²) in [5, 5.41) is 12.8. The molecular formula is C21H26N2O4S. The van der Waals surface area contributed by atoms with E-state index in [1.165, 1.54) is 18.2 Å². The van der Waals surface area contributed by atoms with Crippen molar-refractivity contribution in [1.29, 1.82) is 0 Å². The number of anilines is 1. The van der Waals surface area contributed by atoms with Gasteiger partial charge in [0.25, 0.3) is 0 Å². The molecule has 1 aliphatic rings. The van der Waals surface area contributed by atoms with E-state index in [9.17, 15) is 18.3 Å². The van der Waals surface area contributed by atoms with Crippen LogP contribution >= 0.6 is 0 Å². The van der Waals surface area contributed by atoms with Gasteiger partial charge in [-0.1, -0.05) is 49.6 Å². The summed E-state index contributed by atoms with van der Waals surface area (Å²) in [6, 6.07) is 13.7. The summed E-state index contributed by atoms with van der Waals surface area (Å²) < 4.78 is 28.1. The molecule has 1 aliphatic carbocycles. The zero-order chi connectivity index (χ0) is 20.1. The number of carboxylic acid groups (broad SMARTS) is 1. The van der Waals surface area contributed by atoms with Gasteiger partial charge in [0.15, 0.2) is 0 Å². The summed E-state index contributed by atoms with van der Waals surface area (Å²) in [4.78, 5) is 11.7. The van der Waals surface area contributed by atoms with Crippen molar-refractivity contribution in [1.82, 2.24) is 4.72 Å². The Balaban J connectivity index is 1.83. The van der Waals surface area contributed by atoms with Crippen LogP contribution in [0.2, 0.25) is 0 Å². The molecule has 1 fully saturated rings. The van der Waals surface area contributed by atoms with Gasteiger partial charge in [-0.05, 0) is 43.5 Å². The number of carbonyl (C=O) groups is 1. The average molecular weight is 403 g/mol. The van der Waals surface area contributed by atoms with Crippen LogP contribution in [0.1, 0.15) is 61.0 Å². The van der Waals surface area contributed by atoms with Crippen LogP contribution in [0.4, 0.5) is 5.69 Å². The highest BCUT2D eigenvalue weighted by molar-refractivity contribution is 7.89. The minimum absolute atomic E-state index is 0.0200. The van der Waals surface area contributed by atoms with Gasteiger partial charge in [0.05, 0.1) is 10.5 Å². The number of rotatable bonds is 7. The summed E-state index contributed by atoms with van der Waals surface area (Å²) in [6.07, 6.45) is 4.78. The van der Waals surface area contributed by atoms with Crippen LogP contribution in [0.5, 0.6) is 0 Å². The fourth-order valence-electron chi connectivity index (χ4n) is 3.56. The largest absolute Gasteiger partial charge is 0.478 e. The lowest BCUT2D eigenvalue weighted by atomic mass is 9.96. The van der Waals surface area contributed by atoms with Gasteiger partial charge in [0, 0.05) is 17.8 Å². The van der Waals surface area contributed by atoms with Gasteiger partial charge in [0.1, 0.15) is 0 Å². The van der Waals surface area contributed by atoms with Crippen molar-refractivity contribution in [3.05, 3.63) is 59.7 Å². The minimum atomic E-state index is -3.75. The summed E-state index contributed by atoms with van der Waals surface area (Å²) in [5.74, 6) is -1.17. The lowest BCUT2D eigenvalue weighted by Crippen LogP contribution is -2.36. The van der Waals surface area contributed by atoms with Crippen LogP contribution in [0.25, 0.3) is 0 Å². The third kappa shape index (κ3) is 4.91. The van der Waals surface area contributed by atoms with Crippen LogP contribution in [-0.2, 0) is 10.0 Å². The van der Waals surface area contributed by atoms with Crippen molar-refractivity contribution in [2.24, 2.45) is 0 Å². The van der Waals surface area contributed by atoms with Crippen molar-refractivity contribution in [2.45, 2.75) is 56.0 Å². The van der Waals surface area contributed by atoms with Crippen LogP contribution in [0.15, 0.2) is 53.4 Å². The van der Waals surface area contributed by atoms with Crippen molar-refractivity contribution in [3.8, 4) is 0 Å². The van der Waals surface area contributed by atoms with E-state index in [-0.39, 0.29) is 22.5 Å². The quantitative estimate of drug-likeness (QED) is 0.646. The average Bonchev–Trinajstić information content (AvgIpc) is 2.69. The third-order valence-corrected chi connectivity index (χ3v) is 6.65. The van der Waals surface area contributed by atoms with Crippen LogP contribution in [0.3, 0.4) is 0 Å². The zero-order valence-electron chi connectivity index (χ0n) is 15.9. The smallest absolute Gasteiger partial charge is 0.337 e. The second-order valence-electron chi connectivity index (χ2n) is 7.25. The summed E-state index contributed by atoms with van der Waals surface area (Å²) in [6.45, 7) is 1.93. The van der Waals surface area contributed by atoms with E-state index >= 15 is 0 Å². The van der Waals surface area contributed by atoms with Crippen molar-refractivity contribution in [2.75, 3.05) is 5.32 Å². The number of aromatic carboxylic acids is 1. The number of hydrogen-bond donors (Lipinski definition) is 3. The molecule has 0 aliphatic heterocycles. The fraction of sp³-hybridized carbons (Fsp3) is 0.381. The Morgan fingerprint density at radius 3 is 2.39 bits per heavy atom. The topological polar surface area (TPSA) is 95.5 Å². The second kappa shape index (κ2) is 8.75. The number of hydrogen-bond acceptors (Lipinski definition) is 4. The first kappa shape index (κ1) is 20.4. The fourth-order valence-corrected chi connectivity index (χ4v) is 4.89. The SMILES string of the molecule is CC(Nc1ccc(S(=O)(=O)NC2CCCCC2)cc1C(=O)O)c1ccccc1. The Bertz CT molecular complexity index is 923. The van der Waals surface area contributed by atoms with E-state index in [0.29, 0.717) is 5.69 Å². The maximum absolute atomic E-state index is 12.7. The molecule has 6 nitrogen and oxygen atoms in total. The lowest BCUT2D eigenvalue weighted by molar-refractivity contribution is 0.0697. The molecule has 3 N–H and O–H groups in total. The standard InChI is InChI=1S/C21H26N2O4S/c1-15(16-8-4-2-5-9-16)22-20-13-12-18(14-19(20)21(24)25)28(26,27)23-17-10-6-3-7-11-17/h2,4-5,8-9,12-15,17,22-23H,3,6-7,10-11H2,1H3,(H,24,25). The van der Waals surface area contributed by atoms with E-state index in [2.05, 4.69) is 10.0 Å². The predicted octanol–water partition coefficient (Wildman–Crippen LogP) is 4.17. The van der Waals surface area contributed by atoms with Gasteiger partial charge in [-0.3, -0.25) is 0 Å². The predicted molar refractivity (Wildman–Crippen MR) is 109 cm³/mol. The molecule has 1 unspecified atom stereocenters. The minimum Gasteiger partial charge on any atom is -0.478 e. The first-order chi connectivity index (χ1) is 13.4. The first-order valence-corrected chi connectivity index (χ1v) is 11.1. The van der Waals surface area contributed by atoms with Gasteiger partial charge < -0.3 is 10.4 Å². The molecule has 2 aromatic rings. The Morgan fingerprint density at radius 2 is 1.75 bits per heavy atom. The molecule has 2 aromatic carbocycles. The maximum atomic E-state index is 12.7. The lowest BCUT2D eigenvalue weighted by Gasteiger charge is -2.23. The summed E-state index contributed by atoms with van der Waals surface area (Å²) in [7, 11) is -3.75. The molecule has 7 heteroatoms. The molecule has 0 radical (unpaired) electrons. The molecule has 3 rings (SSSR count). The number of benzene rings is 2. The normalized spacial score (nSPS) is 16.5. The van der Waals surface area contributed by atoms with E-state index in [1.807, 2.05) is 37.3 Å². The van der Waals surface area contributed by atoms with Crippen molar-refractivity contribution >= 4 is 21.7 Å². The van der Waals surface area contributed by atoms with Crippen molar-refractivity contribution < 1.29 is 18.3 Å². The molecule has 0 saturated heterocycles. The van der Waals surface area contributed by atoms with Gasteiger partial charge >= 0.3 is 5.97 Å². The van der Waals surface area contributed by atoms with E-state index in [4.69, 9.17) is 0 Å². The molecule has 0 bridgehead atoms. The van der Waals surface area contributed by atoms with E-state index in [1.54, 1.807) is 0 Å². The monoisotopic (exact) mass is 402 g/mol. The number of nitrogens with one attached hydrogen (secondary N) is 2. The van der Waals surface area contributed by atoms with Gasteiger partial charge in [-0.25, -0.2) is 17.9 Å². The first-order valence-electron chi connectivity index (χ1n) is 9.58. The van der Waals surface area contributed by atoms with Crippen LogP contribution in [0, 0.1) is 0 Å². The Labute approximate surface area is 166 Å². The maximum Gasteiger partial charge on any atom is 0.337 e. The van der Waals surface area contributed by atoms with Crippen molar-refractivity contribution in [3.63, 3.8) is 0 Å². The molecular weight excluding hydrogens is 376 g/mol. The highest BCUT2D eigenvalue weighted by Gasteiger charge is 2.24.